The minimum atomic E-state index is -0.895. The van der Waals surface area contributed by atoms with Gasteiger partial charge in [0.15, 0.2) is 11.4 Å². The van der Waals surface area contributed by atoms with Crippen LogP contribution in [-0.4, -0.2) is 7.11 Å². The van der Waals surface area contributed by atoms with Gasteiger partial charge in [-0.1, -0.05) is 11.8 Å². The Kier molecular flexibility index (Phi) is 3.85. The van der Waals surface area contributed by atoms with Crippen LogP contribution in [-0.2, 0) is 0 Å². The summed E-state index contributed by atoms with van der Waals surface area (Å²) in [6.07, 6.45) is 0. The molecule has 3 aromatic rings. The summed E-state index contributed by atoms with van der Waals surface area (Å²) in [5, 5.41) is 0.202. The molecular weight excluding hydrogens is 310 g/mol. The van der Waals surface area contributed by atoms with Crippen LogP contribution in [0, 0.1) is 11.6 Å². The minimum Gasteiger partial charge on any atom is -0.497 e. The first-order valence-corrected chi connectivity index (χ1v) is 7.13. The van der Waals surface area contributed by atoms with Crippen LogP contribution in [0.4, 0.5) is 8.78 Å². The normalized spacial score (nSPS) is 10.9. The zero-order chi connectivity index (χ0) is 15.7. The maximum atomic E-state index is 13.6. The first kappa shape index (κ1) is 14.6. The van der Waals surface area contributed by atoms with Gasteiger partial charge >= 0.3 is 5.63 Å². The van der Waals surface area contributed by atoms with Gasteiger partial charge < -0.3 is 9.15 Å². The van der Waals surface area contributed by atoms with E-state index in [9.17, 15) is 13.6 Å². The molecule has 6 heteroatoms. The molecule has 3 nitrogen and oxygen atoms in total. The van der Waals surface area contributed by atoms with Crippen molar-refractivity contribution in [1.82, 2.24) is 0 Å². The smallest absolute Gasteiger partial charge is 0.350 e. The highest BCUT2D eigenvalue weighted by Gasteiger charge is 2.12. The lowest BCUT2D eigenvalue weighted by atomic mass is 10.2. The molecule has 0 aliphatic rings. The number of halogens is 2. The number of hydrogen-bond acceptors (Lipinski definition) is 4. The van der Waals surface area contributed by atoms with Crippen LogP contribution in [0.2, 0.25) is 0 Å². The van der Waals surface area contributed by atoms with Crippen molar-refractivity contribution in [2.45, 2.75) is 9.79 Å². The van der Waals surface area contributed by atoms with Gasteiger partial charge in [-0.2, -0.15) is 0 Å². The van der Waals surface area contributed by atoms with Gasteiger partial charge in [-0.15, -0.1) is 0 Å². The van der Waals surface area contributed by atoms with E-state index in [-0.39, 0.29) is 15.9 Å². The highest BCUT2D eigenvalue weighted by Crippen LogP contribution is 2.29. The number of rotatable bonds is 3. The first-order chi connectivity index (χ1) is 10.6. The lowest BCUT2D eigenvalue weighted by Gasteiger charge is -2.04. The van der Waals surface area contributed by atoms with Crippen LogP contribution in [0.1, 0.15) is 0 Å². The van der Waals surface area contributed by atoms with Gasteiger partial charge in [-0.05, 0) is 36.4 Å². The van der Waals surface area contributed by atoms with Crippen LogP contribution in [0.15, 0.2) is 61.5 Å². The van der Waals surface area contributed by atoms with Crippen molar-refractivity contribution in [2.24, 2.45) is 0 Å². The van der Waals surface area contributed by atoms with E-state index in [4.69, 9.17) is 9.15 Å². The third-order valence-electron chi connectivity index (χ3n) is 3.01. The summed E-state index contributed by atoms with van der Waals surface area (Å²) in [6, 6.07) is 10.3. The second-order valence-electron chi connectivity index (χ2n) is 4.48. The molecular formula is C16H10F2O3S. The van der Waals surface area contributed by atoms with Crippen molar-refractivity contribution >= 4 is 22.7 Å². The van der Waals surface area contributed by atoms with Crippen molar-refractivity contribution in [3.63, 3.8) is 0 Å². The number of benzene rings is 2. The molecule has 0 saturated heterocycles. The lowest BCUT2D eigenvalue weighted by molar-refractivity contribution is 0.414. The molecule has 0 bridgehead atoms. The predicted molar refractivity (Wildman–Crippen MR) is 79.5 cm³/mol. The molecule has 2 aromatic carbocycles. The average molecular weight is 320 g/mol. The Morgan fingerprint density at radius 2 is 1.82 bits per heavy atom. The van der Waals surface area contributed by atoms with Gasteiger partial charge in [0.2, 0.25) is 0 Å². The van der Waals surface area contributed by atoms with Gasteiger partial charge in [0.25, 0.3) is 0 Å². The van der Waals surface area contributed by atoms with Crippen LogP contribution < -0.4 is 10.4 Å². The summed E-state index contributed by atoms with van der Waals surface area (Å²) in [7, 11) is 1.56. The molecule has 0 radical (unpaired) electrons. The van der Waals surface area contributed by atoms with Gasteiger partial charge in [-0.3, -0.25) is 0 Å². The Labute approximate surface area is 128 Å². The molecule has 0 spiro atoms. The number of methoxy groups -OCH3 is 1. The van der Waals surface area contributed by atoms with Crippen molar-refractivity contribution in [3.8, 4) is 5.75 Å². The number of fused-ring (bicyclic) bond motifs is 1. The molecule has 0 N–H and O–H groups in total. The number of hydrogen-bond donors (Lipinski definition) is 0. The van der Waals surface area contributed by atoms with E-state index in [0.717, 1.165) is 22.7 Å². The highest BCUT2D eigenvalue weighted by molar-refractivity contribution is 7.99. The zero-order valence-electron chi connectivity index (χ0n) is 11.4. The Morgan fingerprint density at radius 1 is 1.09 bits per heavy atom. The van der Waals surface area contributed by atoms with Gasteiger partial charge in [-0.25, -0.2) is 13.6 Å². The van der Waals surface area contributed by atoms with E-state index in [0.29, 0.717) is 11.8 Å². The Hall–Kier alpha value is -2.34. The molecule has 1 aromatic heterocycles. The summed E-state index contributed by atoms with van der Waals surface area (Å²) in [4.78, 5) is 13.0. The summed E-state index contributed by atoms with van der Waals surface area (Å²) in [5.74, 6) is -0.925. The second-order valence-corrected chi connectivity index (χ2v) is 5.60. The second kappa shape index (κ2) is 5.81. The Balaban J connectivity index is 2.03. The summed E-state index contributed by atoms with van der Waals surface area (Å²) in [6.45, 7) is 0. The average Bonchev–Trinajstić information content (AvgIpc) is 2.50. The lowest BCUT2D eigenvalue weighted by Crippen LogP contribution is -2.02. The van der Waals surface area contributed by atoms with E-state index in [1.165, 1.54) is 6.07 Å². The van der Waals surface area contributed by atoms with Crippen molar-refractivity contribution in [2.75, 3.05) is 7.11 Å². The minimum absolute atomic E-state index is 0.202. The van der Waals surface area contributed by atoms with E-state index in [2.05, 4.69) is 0 Å². The van der Waals surface area contributed by atoms with Crippen molar-refractivity contribution in [1.29, 1.82) is 0 Å². The van der Waals surface area contributed by atoms with Crippen LogP contribution >= 0.6 is 11.8 Å². The zero-order valence-corrected chi connectivity index (χ0v) is 12.2. The summed E-state index contributed by atoms with van der Waals surface area (Å²) >= 11 is 1.15. The molecule has 0 saturated carbocycles. The first-order valence-electron chi connectivity index (χ1n) is 6.31. The molecule has 0 unspecified atom stereocenters. The molecule has 112 valence electrons. The third-order valence-corrected chi connectivity index (χ3v) is 4.02. The van der Waals surface area contributed by atoms with E-state index in [1.54, 1.807) is 31.4 Å². The molecule has 3 rings (SSSR count). The van der Waals surface area contributed by atoms with Crippen molar-refractivity contribution in [3.05, 3.63) is 64.5 Å². The largest absolute Gasteiger partial charge is 0.497 e. The monoisotopic (exact) mass is 320 g/mol. The maximum Gasteiger partial charge on any atom is 0.350 e. The van der Waals surface area contributed by atoms with Gasteiger partial charge in [0.1, 0.15) is 11.6 Å². The third kappa shape index (κ3) is 2.82. The van der Waals surface area contributed by atoms with E-state index < -0.39 is 17.3 Å². The summed E-state index contributed by atoms with van der Waals surface area (Å²) < 4.78 is 36.8. The number of ether oxygens (including phenoxy) is 1. The predicted octanol–water partition coefficient (Wildman–Crippen LogP) is 4.23. The highest BCUT2D eigenvalue weighted by atomic mass is 32.2. The molecule has 0 fully saturated rings. The standard InChI is InChI=1S/C16H10F2O3S/c1-20-11-2-4-12(5-3-11)22-14-7-9-6-10(17)8-13(18)15(9)21-16(14)19/h2-8H,1H3. The molecule has 0 atom stereocenters. The molecule has 22 heavy (non-hydrogen) atoms. The fourth-order valence-electron chi connectivity index (χ4n) is 1.98. The molecule has 0 amide bonds. The maximum absolute atomic E-state index is 13.6. The fourth-order valence-corrected chi connectivity index (χ4v) is 2.82. The molecule has 0 aliphatic heterocycles. The quantitative estimate of drug-likeness (QED) is 0.677. The Morgan fingerprint density at radius 3 is 2.50 bits per heavy atom. The SMILES string of the molecule is COc1ccc(Sc2cc3cc(F)cc(F)c3oc2=O)cc1. The Bertz CT molecular complexity index is 888. The summed E-state index contributed by atoms with van der Waals surface area (Å²) in [5.41, 5.74) is -0.913. The topological polar surface area (TPSA) is 39.4 Å². The molecule has 1 heterocycles. The van der Waals surface area contributed by atoms with Crippen molar-refractivity contribution < 1.29 is 17.9 Å². The van der Waals surface area contributed by atoms with Crippen LogP contribution in [0.5, 0.6) is 5.75 Å². The van der Waals surface area contributed by atoms with Crippen LogP contribution in [0.25, 0.3) is 11.0 Å². The fraction of sp³-hybridized carbons (Fsp3) is 0.0625. The van der Waals surface area contributed by atoms with Gasteiger partial charge in [0.05, 0.1) is 12.0 Å². The molecule has 0 aliphatic carbocycles. The van der Waals surface area contributed by atoms with Gasteiger partial charge in [0, 0.05) is 16.3 Å². The van der Waals surface area contributed by atoms with Crippen LogP contribution in [0.3, 0.4) is 0 Å². The van der Waals surface area contributed by atoms with E-state index in [1.807, 2.05) is 0 Å². The van der Waals surface area contributed by atoms with E-state index >= 15 is 0 Å².